The summed E-state index contributed by atoms with van der Waals surface area (Å²) in [4.78, 5) is 21.5. The fourth-order valence-electron chi connectivity index (χ4n) is 7.18. The molecule has 0 radical (unpaired) electrons. The van der Waals surface area contributed by atoms with Gasteiger partial charge in [-0.1, -0.05) is 13.8 Å². The number of rotatable bonds is 6. The molecule has 10 nitrogen and oxygen atoms in total. The molecule has 5 rings (SSSR count). The van der Waals surface area contributed by atoms with Gasteiger partial charge in [-0.05, 0) is 41.6 Å². The van der Waals surface area contributed by atoms with Crippen molar-refractivity contribution in [1.29, 1.82) is 0 Å². The largest absolute Gasteiger partial charge is 0.289 e. The Morgan fingerprint density at radius 1 is 0.900 bits per heavy atom. The average Bonchev–Trinajstić information content (AvgIpc) is 3.17. The first-order valence-electron chi connectivity index (χ1n) is 9.70. The fourth-order valence-corrected chi connectivity index (χ4v) is 9.38. The van der Waals surface area contributed by atoms with E-state index in [-0.39, 0.29) is 46.2 Å². The van der Waals surface area contributed by atoms with E-state index in [4.69, 9.17) is 4.29 Å². The van der Waals surface area contributed by atoms with Gasteiger partial charge in [0.15, 0.2) is 0 Å². The van der Waals surface area contributed by atoms with Gasteiger partial charge in [0.25, 0.3) is 11.4 Å². The summed E-state index contributed by atoms with van der Waals surface area (Å²) in [7, 11) is -4.57. The van der Waals surface area contributed by atoms with Gasteiger partial charge in [-0.15, -0.1) is 11.8 Å². The summed E-state index contributed by atoms with van der Waals surface area (Å²) in [5.41, 5.74) is -0.703. The molecule has 12 heteroatoms. The van der Waals surface area contributed by atoms with E-state index in [9.17, 15) is 34.2 Å². The lowest BCUT2D eigenvalue weighted by Gasteiger charge is -2.58. The van der Waals surface area contributed by atoms with Gasteiger partial charge in [0.05, 0.1) is 35.3 Å². The number of hydrogen-bond donors (Lipinski definition) is 0. The Kier molecular flexibility index (Phi) is 4.42. The van der Waals surface area contributed by atoms with Crippen molar-refractivity contribution in [2.75, 3.05) is 0 Å². The van der Waals surface area contributed by atoms with Gasteiger partial charge < -0.3 is 0 Å². The summed E-state index contributed by atoms with van der Waals surface area (Å²) >= 11 is 1.26. The standard InChI is InChI=1S/C18H19ClN2O8S/c1-6-7(2)12-14-11(6)13-15(12)18(16(13)17(14)29-19(22,23)24)30-10-4-3-8(20(25)26)5-9(10)21(27)28/h3-7,11-18H,1-2H3. The number of nitro benzene ring substituents is 2. The van der Waals surface area contributed by atoms with E-state index in [0.717, 1.165) is 6.07 Å². The molecular formula is C18H19ClN2O8S. The molecule has 0 aliphatic heterocycles. The Balaban J connectivity index is 1.48. The Bertz CT molecular complexity index is 941. The molecule has 0 N–H and O–H groups in total. The molecule has 4 aliphatic carbocycles. The van der Waals surface area contributed by atoms with Crippen molar-refractivity contribution in [3.63, 3.8) is 0 Å². The van der Waals surface area contributed by atoms with Crippen LogP contribution in [0, 0.1) is 77.8 Å². The molecule has 4 aliphatic rings. The van der Waals surface area contributed by atoms with E-state index in [1.807, 2.05) is 0 Å². The Morgan fingerprint density at radius 3 is 2.10 bits per heavy atom. The SMILES string of the molecule is CC1C(C)C2C3C(O[Cl+3]([O-])([O-])[O-])C4C(Sc5ccc([N+](=O)[O-])cc5[N+](=O)[O-])C(C13)C42. The van der Waals surface area contributed by atoms with E-state index in [1.54, 1.807) is 0 Å². The second-order valence-corrected chi connectivity index (χ2v) is 11.0. The number of fused-ring (bicyclic) bond motifs is 1. The van der Waals surface area contributed by atoms with Crippen LogP contribution in [0.3, 0.4) is 0 Å². The highest BCUT2D eigenvalue weighted by Gasteiger charge is 2.82. The van der Waals surface area contributed by atoms with Gasteiger partial charge in [-0.25, -0.2) is 0 Å². The van der Waals surface area contributed by atoms with Crippen LogP contribution in [0.1, 0.15) is 13.8 Å². The third-order valence-electron chi connectivity index (χ3n) is 8.05. The molecule has 30 heavy (non-hydrogen) atoms. The smallest absolute Gasteiger partial charge is 0.258 e. The second-order valence-electron chi connectivity index (χ2n) is 8.86. The minimum absolute atomic E-state index is 0.0231. The minimum atomic E-state index is -4.57. The summed E-state index contributed by atoms with van der Waals surface area (Å²) in [5.74, 6) is 1.63. The molecule has 10 atom stereocenters. The molecule has 162 valence electrons. The highest BCUT2D eigenvalue weighted by Crippen LogP contribution is 2.79. The predicted octanol–water partition coefficient (Wildman–Crippen LogP) is 0.270. The molecule has 1 aromatic rings. The molecule has 0 heterocycles. The summed E-state index contributed by atoms with van der Waals surface area (Å²) < 4.78 is 39.1. The van der Waals surface area contributed by atoms with Crippen LogP contribution in [0.5, 0.6) is 0 Å². The first kappa shape index (κ1) is 20.4. The highest BCUT2D eigenvalue weighted by molar-refractivity contribution is 8.00. The molecule has 1 aromatic carbocycles. The normalized spacial score (nSPS) is 43.0. The molecule has 0 spiro atoms. The van der Waals surface area contributed by atoms with Crippen LogP contribution in [-0.2, 0) is 4.29 Å². The number of nitrogens with zero attached hydrogens (tertiary/aromatic N) is 2. The third kappa shape index (κ3) is 2.66. The Labute approximate surface area is 177 Å². The van der Waals surface area contributed by atoms with Crippen LogP contribution in [0.2, 0.25) is 0 Å². The molecule has 0 aromatic heterocycles. The van der Waals surface area contributed by atoms with Crippen LogP contribution in [0.25, 0.3) is 0 Å². The molecular weight excluding hydrogens is 440 g/mol. The van der Waals surface area contributed by atoms with Gasteiger partial charge >= 0.3 is 0 Å². The van der Waals surface area contributed by atoms with Crippen molar-refractivity contribution in [2.45, 2.75) is 30.1 Å². The Morgan fingerprint density at radius 2 is 1.53 bits per heavy atom. The monoisotopic (exact) mass is 458 g/mol. The second kappa shape index (κ2) is 6.50. The number of benzene rings is 1. The van der Waals surface area contributed by atoms with Gasteiger partial charge in [-0.2, -0.15) is 14.0 Å². The third-order valence-corrected chi connectivity index (χ3v) is 9.98. The molecule has 4 bridgehead atoms. The summed E-state index contributed by atoms with van der Waals surface area (Å²) in [6.07, 6.45) is -0.707. The van der Waals surface area contributed by atoms with Crippen LogP contribution in [0.15, 0.2) is 23.1 Å². The highest BCUT2D eigenvalue weighted by atomic mass is 35.7. The van der Waals surface area contributed by atoms with Crippen molar-refractivity contribution in [3.8, 4) is 0 Å². The van der Waals surface area contributed by atoms with E-state index < -0.39 is 26.2 Å². The number of thioether (sulfide) groups is 1. The molecule has 10 unspecified atom stereocenters. The maximum absolute atomic E-state index is 11.5. The fraction of sp³-hybridized carbons (Fsp3) is 0.667. The van der Waals surface area contributed by atoms with Crippen molar-refractivity contribution in [1.82, 2.24) is 0 Å². The lowest BCUT2D eigenvalue weighted by molar-refractivity contribution is -1.92. The van der Waals surface area contributed by atoms with Crippen molar-refractivity contribution in [3.05, 3.63) is 38.4 Å². The van der Waals surface area contributed by atoms with Crippen LogP contribution in [-0.4, -0.2) is 21.2 Å². The Hall–Kier alpha value is -1.50. The summed E-state index contributed by atoms with van der Waals surface area (Å²) in [6, 6.07) is 3.56. The van der Waals surface area contributed by atoms with Crippen molar-refractivity contribution in [2.24, 2.45) is 47.3 Å². The number of non-ortho nitro benzene ring substituents is 1. The van der Waals surface area contributed by atoms with Crippen molar-refractivity contribution >= 4 is 23.1 Å². The molecule has 0 amide bonds. The first-order chi connectivity index (χ1) is 14.0. The van der Waals surface area contributed by atoms with Gasteiger partial charge in [-0.3, -0.25) is 20.2 Å². The molecule has 4 fully saturated rings. The van der Waals surface area contributed by atoms with E-state index in [0.29, 0.717) is 22.6 Å². The topological polar surface area (TPSA) is 165 Å². The summed E-state index contributed by atoms with van der Waals surface area (Å²) in [6.45, 7) is 4.29. The maximum atomic E-state index is 11.5. The average molecular weight is 459 g/mol. The number of halogens is 1. The van der Waals surface area contributed by atoms with E-state index in [2.05, 4.69) is 13.8 Å². The lowest BCUT2D eigenvalue weighted by atomic mass is 9.52. The predicted molar refractivity (Wildman–Crippen MR) is 93.5 cm³/mol. The zero-order chi connectivity index (χ0) is 21.7. The van der Waals surface area contributed by atoms with Crippen LogP contribution < -0.4 is 14.0 Å². The van der Waals surface area contributed by atoms with Gasteiger partial charge in [0.2, 0.25) is 6.10 Å². The van der Waals surface area contributed by atoms with Crippen LogP contribution >= 0.6 is 11.8 Å². The molecule has 0 saturated heterocycles. The zero-order valence-electron chi connectivity index (χ0n) is 16.0. The number of nitro groups is 2. The van der Waals surface area contributed by atoms with Crippen LogP contribution in [0.4, 0.5) is 11.4 Å². The maximum Gasteiger partial charge on any atom is 0.289 e. The summed E-state index contributed by atoms with van der Waals surface area (Å²) in [5, 5.41) is 22.4. The zero-order valence-corrected chi connectivity index (χ0v) is 17.5. The minimum Gasteiger partial charge on any atom is -0.258 e. The number of hydrogen-bond acceptors (Lipinski definition) is 9. The van der Waals surface area contributed by atoms with E-state index >= 15 is 0 Å². The quantitative estimate of drug-likeness (QED) is 0.429. The lowest BCUT2D eigenvalue weighted by Crippen LogP contribution is -2.67. The van der Waals surface area contributed by atoms with E-state index in [1.165, 1.54) is 23.9 Å². The van der Waals surface area contributed by atoms with Crippen molar-refractivity contribution < 1.29 is 38.4 Å². The first-order valence-corrected chi connectivity index (χ1v) is 11.8. The van der Waals surface area contributed by atoms with Gasteiger partial charge in [0, 0.05) is 23.2 Å². The molecule has 4 saturated carbocycles. The van der Waals surface area contributed by atoms with Gasteiger partial charge in [0.1, 0.15) is 0 Å².